The minimum atomic E-state index is 0.120. The van der Waals surface area contributed by atoms with Crippen LogP contribution in [0, 0.1) is 0 Å². The summed E-state index contributed by atoms with van der Waals surface area (Å²) >= 11 is 0. The maximum atomic E-state index is 13.4. The molecule has 1 saturated heterocycles. The van der Waals surface area contributed by atoms with Crippen LogP contribution in [0.2, 0.25) is 0 Å². The smallest absolute Gasteiger partial charge is 0.270 e. The van der Waals surface area contributed by atoms with Crippen LogP contribution in [0.25, 0.3) is 10.9 Å². The molecule has 2 aliphatic heterocycles. The molecule has 0 saturated carbocycles. The first-order valence-corrected chi connectivity index (χ1v) is 10.6. The molecule has 2 aromatic carbocycles. The number of para-hydroxylation sites is 1. The molecule has 0 bridgehead atoms. The van der Waals surface area contributed by atoms with Gasteiger partial charge in [0.15, 0.2) is 0 Å². The maximum Gasteiger partial charge on any atom is 0.270 e. The van der Waals surface area contributed by atoms with Crippen LogP contribution in [0.3, 0.4) is 0 Å². The lowest BCUT2D eigenvalue weighted by molar-refractivity contribution is 0.0613. The van der Waals surface area contributed by atoms with Crippen molar-refractivity contribution in [2.75, 3.05) is 26.2 Å². The SMILES string of the molecule is CCC1Cn2c(C(=O)N3CCN(Cc4ccccc4)CC3)cc3cccc(c32)O1. The molecule has 1 unspecified atom stereocenters. The van der Waals surface area contributed by atoms with Crippen molar-refractivity contribution in [2.45, 2.75) is 32.5 Å². The number of rotatable bonds is 4. The highest BCUT2D eigenvalue weighted by molar-refractivity contribution is 6.00. The zero-order chi connectivity index (χ0) is 19.8. The van der Waals surface area contributed by atoms with Gasteiger partial charge in [-0.25, -0.2) is 0 Å². The zero-order valence-corrected chi connectivity index (χ0v) is 16.9. The van der Waals surface area contributed by atoms with E-state index in [0.717, 1.165) is 68.0 Å². The third-order valence-corrected chi connectivity index (χ3v) is 6.15. The highest BCUT2D eigenvalue weighted by Gasteiger charge is 2.29. The molecule has 0 radical (unpaired) electrons. The second kappa shape index (κ2) is 7.56. The Hall–Kier alpha value is -2.79. The standard InChI is InChI=1S/C24H27N3O2/c1-2-20-17-27-21(15-19-9-6-10-22(29-20)23(19)27)24(28)26-13-11-25(12-14-26)16-18-7-4-3-5-8-18/h3-10,15,20H,2,11-14,16-17H2,1H3. The molecule has 29 heavy (non-hydrogen) atoms. The number of benzene rings is 2. The van der Waals surface area contributed by atoms with Gasteiger partial charge in [0, 0.05) is 38.1 Å². The fourth-order valence-electron chi connectivity index (χ4n) is 4.50. The Bertz CT molecular complexity index is 1020. The Morgan fingerprint density at radius 2 is 1.83 bits per heavy atom. The van der Waals surface area contributed by atoms with Crippen molar-refractivity contribution in [1.82, 2.24) is 14.4 Å². The maximum absolute atomic E-state index is 13.4. The van der Waals surface area contributed by atoms with Gasteiger partial charge in [0.25, 0.3) is 5.91 Å². The van der Waals surface area contributed by atoms with Gasteiger partial charge in [-0.15, -0.1) is 0 Å². The number of hydrogen-bond acceptors (Lipinski definition) is 3. The molecule has 1 aromatic heterocycles. The Balaban J connectivity index is 1.33. The molecule has 0 N–H and O–H groups in total. The second-order valence-corrected chi connectivity index (χ2v) is 8.04. The van der Waals surface area contributed by atoms with Crippen LogP contribution in [0.15, 0.2) is 54.6 Å². The lowest BCUT2D eigenvalue weighted by Crippen LogP contribution is -2.48. The Kier molecular flexibility index (Phi) is 4.76. The number of hydrogen-bond donors (Lipinski definition) is 0. The van der Waals surface area contributed by atoms with Crippen LogP contribution < -0.4 is 4.74 Å². The topological polar surface area (TPSA) is 37.7 Å². The number of amides is 1. The molecular formula is C24H27N3O2. The monoisotopic (exact) mass is 389 g/mol. The molecule has 0 spiro atoms. The Morgan fingerprint density at radius 1 is 1.03 bits per heavy atom. The summed E-state index contributed by atoms with van der Waals surface area (Å²) in [6.07, 6.45) is 1.05. The van der Waals surface area contributed by atoms with E-state index in [4.69, 9.17) is 4.74 Å². The summed E-state index contributed by atoms with van der Waals surface area (Å²) in [5, 5.41) is 1.09. The Morgan fingerprint density at radius 3 is 2.59 bits per heavy atom. The normalized spacial score (nSPS) is 19.3. The van der Waals surface area contributed by atoms with Crippen molar-refractivity contribution < 1.29 is 9.53 Å². The van der Waals surface area contributed by atoms with Crippen molar-refractivity contribution in [1.29, 1.82) is 0 Å². The van der Waals surface area contributed by atoms with E-state index in [0.29, 0.717) is 0 Å². The first-order chi connectivity index (χ1) is 14.2. The highest BCUT2D eigenvalue weighted by atomic mass is 16.5. The van der Waals surface area contributed by atoms with Gasteiger partial charge in [-0.3, -0.25) is 9.69 Å². The summed E-state index contributed by atoms with van der Waals surface area (Å²) in [5.74, 6) is 1.04. The van der Waals surface area contributed by atoms with Crippen molar-refractivity contribution >= 4 is 16.8 Å². The zero-order valence-electron chi connectivity index (χ0n) is 16.9. The fourth-order valence-corrected chi connectivity index (χ4v) is 4.50. The molecule has 1 amide bonds. The minimum absolute atomic E-state index is 0.120. The van der Waals surface area contributed by atoms with E-state index in [1.807, 2.05) is 29.2 Å². The quantitative estimate of drug-likeness (QED) is 0.682. The van der Waals surface area contributed by atoms with E-state index in [1.54, 1.807) is 0 Å². The van der Waals surface area contributed by atoms with Crippen LogP contribution in [-0.4, -0.2) is 52.6 Å². The molecule has 3 heterocycles. The molecule has 5 heteroatoms. The number of piperazine rings is 1. The van der Waals surface area contributed by atoms with Gasteiger partial charge in [-0.2, -0.15) is 0 Å². The lowest BCUT2D eigenvalue weighted by atomic mass is 10.2. The largest absolute Gasteiger partial charge is 0.486 e. The van der Waals surface area contributed by atoms with E-state index in [2.05, 4.69) is 46.7 Å². The molecule has 5 rings (SSSR count). The summed E-state index contributed by atoms with van der Waals surface area (Å²) in [6, 6.07) is 18.7. The van der Waals surface area contributed by atoms with Gasteiger partial charge in [-0.05, 0) is 24.1 Å². The molecular weight excluding hydrogens is 362 g/mol. The van der Waals surface area contributed by atoms with E-state index in [9.17, 15) is 4.79 Å². The van der Waals surface area contributed by atoms with Gasteiger partial charge in [0.1, 0.15) is 17.5 Å². The summed E-state index contributed by atoms with van der Waals surface area (Å²) in [4.78, 5) is 17.8. The van der Waals surface area contributed by atoms with Gasteiger partial charge < -0.3 is 14.2 Å². The summed E-state index contributed by atoms with van der Waals surface area (Å²) in [6.45, 7) is 7.18. The third kappa shape index (κ3) is 3.40. The number of aromatic nitrogens is 1. The number of carbonyl (C=O) groups is 1. The molecule has 3 aromatic rings. The van der Waals surface area contributed by atoms with Crippen LogP contribution in [0.1, 0.15) is 29.4 Å². The average Bonchev–Trinajstić information content (AvgIpc) is 3.14. The predicted octanol–water partition coefficient (Wildman–Crippen LogP) is 3.77. The molecule has 5 nitrogen and oxygen atoms in total. The molecule has 2 aliphatic rings. The first kappa shape index (κ1) is 18.3. The van der Waals surface area contributed by atoms with Gasteiger partial charge in [0.05, 0.1) is 12.1 Å². The van der Waals surface area contributed by atoms with Crippen molar-refractivity contribution in [3.63, 3.8) is 0 Å². The van der Waals surface area contributed by atoms with Crippen LogP contribution >= 0.6 is 0 Å². The highest BCUT2D eigenvalue weighted by Crippen LogP contribution is 2.34. The van der Waals surface area contributed by atoms with Crippen molar-refractivity contribution in [3.8, 4) is 5.75 Å². The van der Waals surface area contributed by atoms with E-state index < -0.39 is 0 Å². The number of carbonyl (C=O) groups excluding carboxylic acids is 1. The van der Waals surface area contributed by atoms with Gasteiger partial charge in [0.2, 0.25) is 0 Å². The van der Waals surface area contributed by atoms with Crippen LogP contribution in [-0.2, 0) is 13.1 Å². The number of nitrogens with zero attached hydrogens (tertiary/aromatic N) is 3. The fraction of sp³-hybridized carbons (Fsp3) is 0.375. The van der Waals surface area contributed by atoms with Gasteiger partial charge >= 0.3 is 0 Å². The second-order valence-electron chi connectivity index (χ2n) is 8.04. The van der Waals surface area contributed by atoms with Crippen molar-refractivity contribution in [3.05, 3.63) is 65.9 Å². The Labute approximate surface area is 171 Å². The van der Waals surface area contributed by atoms with E-state index >= 15 is 0 Å². The third-order valence-electron chi connectivity index (χ3n) is 6.15. The average molecular weight is 389 g/mol. The first-order valence-electron chi connectivity index (χ1n) is 10.6. The molecule has 0 aliphatic carbocycles. The summed E-state index contributed by atoms with van der Waals surface area (Å²) in [7, 11) is 0. The molecule has 150 valence electrons. The van der Waals surface area contributed by atoms with E-state index in [-0.39, 0.29) is 12.0 Å². The molecule has 1 atom stereocenters. The minimum Gasteiger partial charge on any atom is -0.486 e. The van der Waals surface area contributed by atoms with Crippen molar-refractivity contribution in [2.24, 2.45) is 0 Å². The van der Waals surface area contributed by atoms with Crippen LogP contribution in [0.5, 0.6) is 5.75 Å². The molecule has 1 fully saturated rings. The predicted molar refractivity (Wildman–Crippen MR) is 114 cm³/mol. The van der Waals surface area contributed by atoms with Gasteiger partial charge in [-0.1, -0.05) is 49.4 Å². The number of ether oxygens (including phenoxy) is 1. The lowest BCUT2D eigenvalue weighted by Gasteiger charge is -2.35. The summed E-state index contributed by atoms with van der Waals surface area (Å²) < 4.78 is 8.29. The van der Waals surface area contributed by atoms with Crippen LogP contribution in [0.4, 0.5) is 0 Å². The summed E-state index contributed by atoms with van der Waals surface area (Å²) in [5.41, 5.74) is 3.18. The van der Waals surface area contributed by atoms with E-state index in [1.165, 1.54) is 5.56 Å².